The smallest absolute Gasteiger partial charge is 0.270 e. The monoisotopic (exact) mass is 504 g/mol. The molecule has 1 aromatic carbocycles. The highest BCUT2D eigenvalue weighted by Gasteiger charge is 2.49. The summed E-state index contributed by atoms with van der Waals surface area (Å²) in [5, 5.41) is 12.1. The number of rotatable bonds is 5. The highest BCUT2D eigenvalue weighted by molar-refractivity contribution is 6.34. The van der Waals surface area contributed by atoms with Crippen molar-refractivity contribution in [3.05, 3.63) is 40.4 Å². The van der Waals surface area contributed by atoms with Gasteiger partial charge in [-0.15, -0.1) is 0 Å². The Balaban J connectivity index is 1.18. The zero-order chi connectivity index (χ0) is 24.7. The molecule has 3 fully saturated rings. The molecule has 4 N–H and O–H groups in total. The van der Waals surface area contributed by atoms with E-state index in [0.29, 0.717) is 51.0 Å². The summed E-state index contributed by atoms with van der Waals surface area (Å²) in [4.78, 5) is 42.7. The fraction of sp³-hybridized carbons (Fsp3) is 0.542. The van der Waals surface area contributed by atoms with E-state index in [1.54, 1.807) is 11.0 Å². The van der Waals surface area contributed by atoms with Gasteiger partial charge in [-0.3, -0.25) is 14.4 Å². The SMILES string of the molecule is CN1CC(NC(=O)C2=C(C(=O)NC3CCC4(CC3)CCN(c3ccc(F)cc3Cl)C4=O)NCN2)C1. The lowest BCUT2D eigenvalue weighted by molar-refractivity contribution is -0.127. The molecule has 0 bridgehead atoms. The van der Waals surface area contributed by atoms with Crippen LogP contribution in [0.25, 0.3) is 0 Å². The Hall–Kier alpha value is -2.85. The molecule has 5 rings (SSSR count). The van der Waals surface area contributed by atoms with Crippen LogP contribution in [0, 0.1) is 11.2 Å². The summed E-state index contributed by atoms with van der Waals surface area (Å²) >= 11 is 6.20. The standard InChI is InChI=1S/C24H30ClFN6O3/c1-31-11-16(12-31)30-22(34)20-19(27-13-28-20)21(33)29-15-4-6-24(7-5-15)8-9-32(23(24)35)18-3-2-14(26)10-17(18)25/h2-3,10,15-16,27-28H,4-9,11-13H2,1H3,(H,29,33)(H,30,34). The largest absolute Gasteiger partial charge is 0.362 e. The van der Waals surface area contributed by atoms with Crippen LogP contribution in [0.3, 0.4) is 0 Å². The number of likely N-dealkylation sites (tertiary alicyclic amines) is 1. The second-order valence-electron chi connectivity index (χ2n) is 10.0. The predicted molar refractivity (Wildman–Crippen MR) is 129 cm³/mol. The average molecular weight is 505 g/mol. The van der Waals surface area contributed by atoms with Crippen LogP contribution in [0.2, 0.25) is 5.02 Å². The maximum atomic E-state index is 13.4. The summed E-state index contributed by atoms with van der Waals surface area (Å²) in [5.41, 5.74) is 0.579. The lowest BCUT2D eigenvalue weighted by Crippen LogP contribution is -2.58. The number of benzene rings is 1. The number of amides is 3. The number of anilines is 1. The van der Waals surface area contributed by atoms with Crippen LogP contribution in [-0.4, -0.2) is 68.1 Å². The van der Waals surface area contributed by atoms with Crippen molar-refractivity contribution in [2.45, 2.75) is 44.2 Å². The van der Waals surface area contributed by atoms with Crippen molar-refractivity contribution in [3.63, 3.8) is 0 Å². The number of nitrogens with one attached hydrogen (secondary N) is 4. The maximum absolute atomic E-state index is 13.4. The van der Waals surface area contributed by atoms with Gasteiger partial charge in [-0.2, -0.15) is 0 Å². The van der Waals surface area contributed by atoms with Crippen molar-refractivity contribution >= 4 is 35.0 Å². The maximum Gasteiger partial charge on any atom is 0.270 e. The van der Waals surface area contributed by atoms with Crippen molar-refractivity contribution < 1.29 is 18.8 Å². The van der Waals surface area contributed by atoms with Gasteiger partial charge < -0.3 is 31.1 Å². The molecule has 3 heterocycles. The second-order valence-corrected chi connectivity index (χ2v) is 10.4. The summed E-state index contributed by atoms with van der Waals surface area (Å²) in [6, 6.07) is 4.10. The Morgan fingerprint density at radius 2 is 1.69 bits per heavy atom. The average Bonchev–Trinajstić information content (AvgIpc) is 3.41. The van der Waals surface area contributed by atoms with Crippen LogP contribution in [-0.2, 0) is 14.4 Å². The van der Waals surface area contributed by atoms with Gasteiger partial charge >= 0.3 is 0 Å². The fourth-order valence-electron chi connectivity index (χ4n) is 5.62. The molecule has 3 amide bonds. The lowest BCUT2D eigenvalue weighted by Gasteiger charge is -2.36. The summed E-state index contributed by atoms with van der Waals surface area (Å²) in [6.07, 6.45) is 3.34. The molecule has 188 valence electrons. The normalized spacial score (nSPS) is 27.0. The molecule has 1 spiro atoms. The van der Waals surface area contributed by atoms with Crippen LogP contribution in [0.15, 0.2) is 29.6 Å². The van der Waals surface area contributed by atoms with Crippen molar-refractivity contribution in [2.75, 3.05) is 38.3 Å². The van der Waals surface area contributed by atoms with Crippen LogP contribution < -0.4 is 26.2 Å². The number of carbonyl (C=O) groups excluding carboxylic acids is 3. The Kier molecular flexibility index (Phi) is 6.35. The second kappa shape index (κ2) is 9.31. The quantitative estimate of drug-likeness (QED) is 0.478. The summed E-state index contributed by atoms with van der Waals surface area (Å²) < 4.78 is 13.4. The minimum atomic E-state index is -0.480. The molecule has 1 aliphatic carbocycles. The van der Waals surface area contributed by atoms with Gasteiger partial charge in [0.1, 0.15) is 17.2 Å². The zero-order valence-corrected chi connectivity index (χ0v) is 20.4. The van der Waals surface area contributed by atoms with E-state index < -0.39 is 11.2 Å². The zero-order valence-electron chi connectivity index (χ0n) is 19.6. The minimum absolute atomic E-state index is 0.0146. The Bertz CT molecular complexity index is 1080. The molecule has 0 unspecified atom stereocenters. The molecular weight excluding hydrogens is 475 g/mol. The van der Waals surface area contributed by atoms with E-state index in [-0.39, 0.29) is 46.2 Å². The number of hydrogen-bond donors (Lipinski definition) is 4. The minimum Gasteiger partial charge on any atom is -0.362 e. The van der Waals surface area contributed by atoms with E-state index in [4.69, 9.17) is 11.6 Å². The molecule has 3 aliphatic heterocycles. The van der Waals surface area contributed by atoms with E-state index in [1.165, 1.54) is 12.1 Å². The van der Waals surface area contributed by atoms with Crippen LogP contribution in [0.5, 0.6) is 0 Å². The number of nitrogens with zero attached hydrogens (tertiary/aromatic N) is 2. The van der Waals surface area contributed by atoms with E-state index in [2.05, 4.69) is 26.2 Å². The highest BCUT2D eigenvalue weighted by Crippen LogP contribution is 2.47. The first-order valence-corrected chi connectivity index (χ1v) is 12.4. The van der Waals surface area contributed by atoms with E-state index in [0.717, 1.165) is 13.1 Å². The number of likely N-dealkylation sites (N-methyl/N-ethyl adjacent to an activating group) is 1. The molecule has 0 radical (unpaired) electrons. The first-order valence-electron chi connectivity index (χ1n) is 12.0. The van der Waals surface area contributed by atoms with Gasteiger partial charge in [0.15, 0.2) is 0 Å². The summed E-state index contributed by atoms with van der Waals surface area (Å²) in [6.45, 7) is 2.45. The third-order valence-corrected chi connectivity index (χ3v) is 7.93. The van der Waals surface area contributed by atoms with Crippen LogP contribution in [0.1, 0.15) is 32.1 Å². The Labute approximate surface area is 208 Å². The van der Waals surface area contributed by atoms with Crippen LogP contribution >= 0.6 is 11.6 Å². The summed E-state index contributed by atoms with van der Waals surface area (Å²) in [7, 11) is 1.99. The molecule has 11 heteroatoms. The third kappa shape index (κ3) is 4.56. The van der Waals surface area contributed by atoms with Gasteiger partial charge in [-0.1, -0.05) is 11.6 Å². The molecule has 1 aromatic rings. The molecule has 4 aliphatic rings. The van der Waals surface area contributed by atoms with Crippen molar-refractivity contribution in [3.8, 4) is 0 Å². The third-order valence-electron chi connectivity index (χ3n) is 7.63. The van der Waals surface area contributed by atoms with E-state index >= 15 is 0 Å². The topological polar surface area (TPSA) is 106 Å². The first kappa shape index (κ1) is 23.9. The fourth-order valence-corrected chi connectivity index (χ4v) is 5.89. The molecular formula is C24H30ClFN6O3. The Morgan fingerprint density at radius 3 is 2.29 bits per heavy atom. The van der Waals surface area contributed by atoms with Crippen molar-refractivity contribution in [1.82, 2.24) is 26.2 Å². The molecule has 9 nitrogen and oxygen atoms in total. The lowest BCUT2D eigenvalue weighted by atomic mass is 9.71. The predicted octanol–water partition coefficient (Wildman–Crippen LogP) is 1.05. The number of halogens is 2. The van der Waals surface area contributed by atoms with Gasteiger partial charge in [0, 0.05) is 25.7 Å². The molecule has 0 aromatic heterocycles. The first-order chi connectivity index (χ1) is 16.8. The van der Waals surface area contributed by atoms with Gasteiger partial charge in [-0.05, 0) is 57.4 Å². The number of carbonyl (C=O) groups is 3. The molecule has 1 saturated carbocycles. The van der Waals surface area contributed by atoms with Crippen molar-refractivity contribution in [2.24, 2.45) is 5.41 Å². The number of hydrogen-bond acceptors (Lipinski definition) is 6. The Morgan fingerprint density at radius 1 is 1.06 bits per heavy atom. The van der Waals surface area contributed by atoms with Crippen LogP contribution in [0.4, 0.5) is 10.1 Å². The van der Waals surface area contributed by atoms with Crippen molar-refractivity contribution in [1.29, 1.82) is 0 Å². The van der Waals surface area contributed by atoms with Gasteiger partial charge in [-0.25, -0.2) is 4.39 Å². The van der Waals surface area contributed by atoms with E-state index in [1.807, 2.05) is 7.05 Å². The molecule has 0 atom stereocenters. The summed E-state index contributed by atoms with van der Waals surface area (Å²) in [5.74, 6) is -1.02. The van der Waals surface area contributed by atoms with Gasteiger partial charge in [0.2, 0.25) is 5.91 Å². The van der Waals surface area contributed by atoms with E-state index in [9.17, 15) is 18.8 Å². The molecule has 35 heavy (non-hydrogen) atoms. The van der Waals surface area contributed by atoms with Gasteiger partial charge in [0.25, 0.3) is 11.8 Å². The van der Waals surface area contributed by atoms with Gasteiger partial charge in [0.05, 0.1) is 28.8 Å². The molecule has 2 saturated heterocycles. The highest BCUT2D eigenvalue weighted by atomic mass is 35.5.